The van der Waals surface area contributed by atoms with Gasteiger partial charge in [-0.15, -0.1) is 0 Å². The summed E-state index contributed by atoms with van der Waals surface area (Å²) in [6.45, 7) is 0. The molecule has 0 radical (unpaired) electrons. The summed E-state index contributed by atoms with van der Waals surface area (Å²) in [6.07, 6.45) is 1.29. The van der Waals surface area contributed by atoms with Crippen molar-refractivity contribution >= 4 is 28.4 Å². The van der Waals surface area contributed by atoms with Crippen molar-refractivity contribution in [3.63, 3.8) is 0 Å². The van der Waals surface area contributed by atoms with Crippen LogP contribution in [0.4, 0.5) is 0 Å². The fourth-order valence-corrected chi connectivity index (χ4v) is 2.05. The van der Waals surface area contributed by atoms with Gasteiger partial charge in [-0.3, -0.25) is 15.0 Å². The van der Waals surface area contributed by atoms with E-state index in [0.29, 0.717) is 21.5 Å². The fourth-order valence-electron chi connectivity index (χ4n) is 1.92. The lowest BCUT2D eigenvalue weighted by Crippen LogP contribution is -2.33. The average molecular weight is 300 g/mol. The van der Waals surface area contributed by atoms with Gasteiger partial charge in [-0.05, 0) is 36.4 Å². The lowest BCUT2D eigenvalue weighted by atomic mass is 10.2. The van der Waals surface area contributed by atoms with E-state index in [-0.39, 0.29) is 5.56 Å². The van der Waals surface area contributed by atoms with E-state index >= 15 is 0 Å². The molecule has 0 saturated carbocycles. The molecule has 3 rings (SSSR count). The first-order chi connectivity index (χ1) is 10.1. The van der Waals surface area contributed by atoms with Crippen molar-refractivity contribution in [3.8, 4) is 0 Å². The molecule has 1 N–H and O–H groups in total. The predicted molar refractivity (Wildman–Crippen MR) is 81.1 cm³/mol. The SMILES string of the molecule is O=C(Nn1cnc2ccccc2c1=O)c1ccc(Cl)cc1. The van der Waals surface area contributed by atoms with Gasteiger partial charge in [0.1, 0.15) is 6.33 Å². The number of benzene rings is 2. The molecule has 0 aliphatic heterocycles. The topological polar surface area (TPSA) is 64.0 Å². The van der Waals surface area contributed by atoms with Gasteiger partial charge in [0.25, 0.3) is 11.5 Å². The van der Waals surface area contributed by atoms with Gasteiger partial charge in [0.05, 0.1) is 10.9 Å². The first-order valence-electron chi connectivity index (χ1n) is 6.18. The van der Waals surface area contributed by atoms with E-state index in [2.05, 4.69) is 10.4 Å². The van der Waals surface area contributed by atoms with Crippen molar-refractivity contribution < 1.29 is 4.79 Å². The monoisotopic (exact) mass is 299 g/mol. The molecule has 0 fully saturated rings. The first kappa shape index (κ1) is 13.3. The van der Waals surface area contributed by atoms with Crippen LogP contribution in [-0.2, 0) is 0 Å². The van der Waals surface area contributed by atoms with E-state index < -0.39 is 5.91 Å². The number of carbonyl (C=O) groups is 1. The summed E-state index contributed by atoms with van der Waals surface area (Å²) in [5.41, 5.74) is 3.15. The molecule has 5 nitrogen and oxygen atoms in total. The number of nitrogens with zero attached hydrogens (tertiary/aromatic N) is 2. The van der Waals surface area contributed by atoms with Crippen LogP contribution in [0.2, 0.25) is 5.02 Å². The predicted octanol–water partition coefficient (Wildman–Crippen LogP) is 2.43. The Hall–Kier alpha value is -2.66. The number of halogens is 1. The lowest BCUT2D eigenvalue weighted by molar-refractivity contribution is 0.101. The van der Waals surface area contributed by atoms with Crippen LogP contribution in [-0.4, -0.2) is 15.6 Å². The summed E-state index contributed by atoms with van der Waals surface area (Å²) in [5.74, 6) is -0.411. The molecular formula is C15H10ClN3O2. The molecular weight excluding hydrogens is 290 g/mol. The minimum absolute atomic E-state index is 0.331. The molecule has 0 unspecified atom stereocenters. The third-order valence-corrected chi connectivity index (χ3v) is 3.25. The van der Waals surface area contributed by atoms with Gasteiger partial charge in [-0.2, -0.15) is 0 Å². The van der Waals surface area contributed by atoms with Crippen molar-refractivity contribution in [3.05, 3.63) is 75.8 Å². The van der Waals surface area contributed by atoms with Crippen LogP contribution in [0, 0.1) is 0 Å². The largest absolute Gasteiger partial charge is 0.280 e. The number of fused-ring (bicyclic) bond motifs is 1. The second-order valence-corrected chi connectivity index (χ2v) is 4.82. The fraction of sp³-hybridized carbons (Fsp3) is 0. The first-order valence-corrected chi connectivity index (χ1v) is 6.56. The molecule has 0 bridgehead atoms. The van der Waals surface area contributed by atoms with E-state index in [1.54, 1.807) is 48.5 Å². The van der Waals surface area contributed by atoms with Crippen LogP contribution in [0.1, 0.15) is 10.4 Å². The van der Waals surface area contributed by atoms with Crippen molar-refractivity contribution in [2.75, 3.05) is 5.43 Å². The van der Waals surface area contributed by atoms with Crippen LogP contribution in [0.5, 0.6) is 0 Å². The molecule has 21 heavy (non-hydrogen) atoms. The van der Waals surface area contributed by atoms with Crippen LogP contribution in [0.3, 0.4) is 0 Å². The van der Waals surface area contributed by atoms with Crippen molar-refractivity contribution in [1.82, 2.24) is 9.66 Å². The van der Waals surface area contributed by atoms with E-state index in [1.807, 2.05) is 0 Å². The van der Waals surface area contributed by atoms with E-state index in [4.69, 9.17) is 11.6 Å². The Morgan fingerprint density at radius 1 is 1.10 bits per heavy atom. The molecule has 1 heterocycles. The molecule has 3 aromatic rings. The molecule has 0 atom stereocenters. The highest BCUT2D eigenvalue weighted by molar-refractivity contribution is 6.30. The molecule has 1 amide bonds. The maximum Gasteiger partial charge on any atom is 0.280 e. The highest BCUT2D eigenvalue weighted by Gasteiger charge is 2.08. The summed E-state index contributed by atoms with van der Waals surface area (Å²) in [7, 11) is 0. The van der Waals surface area contributed by atoms with Gasteiger partial charge < -0.3 is 0 Å². The van der Waals surface area contributed by atoms with Crippen LogP contribution in [0.15, 0.2) is 59.7 Å². The van der Waals surface area contributed by atoms with E-state index in [1.165, 1.54) is 6.33 Å². The van der Waals surface area contributed by atoms with E-state index in [9.17, 15) is 9.59 Å². The van der Waals surface area contributed by atoms with Gasteiger partial charge in [0, 0.05) is 10.6 Å². The third kappa shape index (κ3) is 2.64. The smallest absolute Gasteiger partial charge is 0.267 e. The van der Waals surface area contributed by atoms with Crippen molar-refractivity contribution in [1.29, 1.82) is 0 Å². The Labute approximate surface area is 124 Å². The average Bonchev–Trinajstić information content (AvgIpc) is 2.51. The second-order valence-electron chi connectivity index (χ2n) is 4.38. The molecule has 0 aliphatic rings. The number of rotatable bonds is 2. The number of carbonyl (C=O) groups excluding carboxylic acids is 1. The zero-order chi connectivity index (χ0) is 14.8. The maximum atomic E-state index is 12.2. The number of aromatic nitrogens is 2. The number of amides is 1. The highest BCUT2D eigenvalue weighted by atomic mass is 35.5. The Kier molecular flexibility index (Phi) is 3.41. The Bertz CT molecular complexity index is 872. The second kappa shape index (κ2) is 5.38. The standard InChI is InChI=1S/C15H10ClN3O2/c16-11-7-5-10(6-8-11)14(20)18-19-9-17-13-4-2-1-3-12(13)15(19)21/h1-9H,(H,18,20). The minimum Gasteiger partial charge on any atom is -0.267 e. The lowest BCUT2D eigenvalue weighted by Gasteiger charge is -2.08. The molecule has 0 spiro atoms. The maximum absolute atomic E-state index is 12.2. The summed E-state index contributed by atoms with van der Waals surface area (Å²) in [5, 5.41) is 0.979. The Morgan fingerprint density at radius 2 is 1.81 bits per heavy atom. The molecule has 0 saturated heterocycles. The van der Waals surface area contributed by atoms with Gasteiger partial charge in [-0.1, -0.05) is 23.7 Å². The number of hydrogen-bond donors (Lipinski definition) is 1. The highest BCUT2D eigenvalue weighted by Crippen LogP contribution is 2.09. The van der Waals surface area contributed by atoms with Gasteiger partial charge in [-0.25, -0.2) is 9.66 Å². The minimum atomic E-state index is -0.411. The zero-order valence-electron chi connectivity index (χ0n) is 10.8. The summed E-state index contributed by atoms with van der Waals surface area (Å²) in [4.78, 5) is 28.4. The molecule has 0 aliphatic carbocycles. The van der Waals surface area contributed by atoms with Gasteiger partial charge in [0.15, 0.2) is 0 Å². The van der Waals surface area contributed by atoms with Gasteiger partial charge in [0.2, 0.25) is 0 Å². The number of nitrogens with one attached hydrogen (secondary N) is 1. The Morgan fingerprint density at radius 3 is 2.57 bits per heavy atom. The van der Waals surface area contributed by atoms with Crippen LogP contribution < -0.4 is 11.0 Å². The molecule has 104 valence electrons. The van der Waals surface area contributed by atoms with Crippen LogP contribution >= 0.6 is 11.6 Å². The number of hydrogen-bond acceptors (Lipinski definition) is 3. The van der Waals surface area contributed by atoms with Gasteiger partial charge >= 0.3 is 0 Å². The van der Waals surface area contributed by atoms with Crippen molar-refractivity contribution in [2.45, 2.75) is 0 Å². The quantitative estimate of drug-likeness (QED) is 0.790. The molecule has 6 heteroatoms. The van der Waals surface area contributed by atoms with Crippen LogP contribution in [0.25, 0.3) is 10.9 Å². The summed E-state index contributed by atoms with van der Waals surface area (Å²) >= 11 is 5.77. The molecule has 1 aromatic heterocycles. The van der Waals surface area contributed by atoms with E-state index in [0.717, 1.165) is 4.68 Å². The Balaban J connectivity index is 1.95. The number of para-hydroxylation sites is 1. The third-order valence-electron chi connectivity index (χ3n) is 2.99. The summed E-state index contributed by atoms with van der Waals surface area (Å²) in [6, 6.07) is 13.3. The van der Waals surface area contributed by atoms with Crippen molar-refractivity contribution in [2.24, 2.45) is 0 Å². The normalized spacial score (nSPS) is 10.5. The summed E-state index contributed by atoms with van der Waals surface area (Å²) < 4.78 is 1.07. The zero-order valence-corrected chi connectivity index (χ0v) is 11.5. The molecule has 2 aromatic carbocycles.